The summed E-state index contributed by atoms with van der Waals surface area (Å²) in [5.74, 6) is 0.892. The van der Waals surface area contributed by atoms with Gasteiger partial charge in [-0.1, -0.05) is 29.8 Å². The highest BCUT2D eigenvalue weighted by Gasteiger charge is 2.24. The minimum absolute atomic E-state index is 0.0998. The average molecular weight is 319 g/mol. The molecule has 1 aliphatic heterocycles. The predicted molar refractivity (Wildman–Crippen MR) is 90.3 cm³/mol. The van der Waals surface area contributed by atoms with Crippen molar-refractivity contribution in [2.75, 3.05) is 32.7 Å². The number of benzene rings is 1. The molecule has 0 aromatic heterocycles. The first-order valence-corrected chi connectivity index (χ1v) is 8.52. The Morgan fingerprint density at radius 3 is 2.68 bits per heavy atom. The molecule has 1 amide bonds. The van der Waals surface area contributed by atoms with Gasteiger partial charge in [0.2, 0.25) is 0 Å². The van der Waals surface area contributed by atoms with Crippen LogP contribution in [0.2, 0.25) is 5.02 Å². The zero-order valence-corrected chi connectivity index (χ0v) is 13.6. The van der Waals surface area contributed by atoms with Gasteiger partial charge in [0, 0.05) is 43.3 Å². The number of carbonyl (C=O) groups is 1. The molecule has 3 rings (SSSR count). The van der Waals surface area contributed by atoms with Crippen molar-refractivity contribution in [1.29, 1.82) is 0 Å². The highest BCUT2D eigenvalue weighted by atomic mass is 35.5. The molecule has 2 aliphatic rings. The van der Waals surface area contributed by atoms with E-state index >= 15 is 0 Å². The Labute approximate surface area is 137 Å². The first-order chi connectivity index (χ1) is 10.7. The second-order valence-corrected chi connectivity index (χ2v) is 6.69. The number of allylic oxidation sites excluding steroid dienone is 2. The van der Waals surface area contributed by atoms with Crippen LogP contribution in [0.5, 0.6) is 0 Å². The lowest BCUT2D eigenvalue weighted by Gasteiger charge is -2.36. The zero-order chi connectivity index (χ0) is 15.4. The first kappa shape index (κ1) is 15.6. The predicted octanol–water partition coefficient (Wildman–Crippen LogP) is 3.45. The van der Waals surface area contributed by atoms with Crippen molar-refractivity contribution >= 4 is 17.5 Å². The van der Waals surface area contributed by atoms with Gasteiger partial charge >= 0.3 is 0 Å². The van der Waals surface area contributed by atoms with Gasteiger partial charge in [0.05, 0.1) is 0 Å². The van der Waals surface area contributed by atoms with E-state index in [9.17, 15) is 4.79 Å². The van der Waals surface area contributed by atoms with Crippen molar-refractivity contribution < 1.29 is 4.79 Å². The standard InChI is InChI=1S/C18H23ClN2O/c19-17-8-4-7-16(13-17)18(22)21-11-9-20(10-12-21)14-15-5-2-1-3-6-15/h1-2,4,7-8,13,15H,3,5-6,9-12,14H2/t15-/m0/s1. The lowest BCUT2D eigenvalue weighted by atomic mass is 9.94. The Kier molecular flexibility index (Phi) is 5.16. The van der Waals surface area contributed by atoms with Gasteiger partial charge in [0.1, 0.15) is 0 Å². The first-order valence-electron chi connectivity index (χ1n) is 8.14. The maximum Gasteiger partial charge on any atom is 0.253 e. The molecule has 4 heteroatoms. The van der Waals surface area contributed by atoms with E-state index in [2.05, 4.69) is 17.1 Å². The van der Waals surface area contributed by atoms with E-state index < -0.39 is 0 Å². The normalized spacial score (nSPS) is 22.8. The molecule has 0 radical (unpaired) electrons. The van der Waals surface area contributed by atoms with Crippen LogP contribution in [-0.2, 0) is 0 Å². The molecule has 0 bridgehead atoms. The Hall–Kier alpha value is -1.32. The summed E-state index contributed by atoms with van der Waals surface area (Å²) in [6.07, 6.45) is 8.34. The highest BCUT2D eigenvalue weighted by Crippen LogP contribution is 2.20. The van der Waals surface area contributed by atoms with Crippen molar-refractivity contribution in [3.63, 3.8) is 0 Å². The van der Waals surface area contributed by atoms with Crippen molar-refractivity contribution in [3.05, 3.63) is 47.0 Å². The molecule has 1 aliphatic carbocycles. The maximum atomic E-state index is 12.5. The maximum absolute atomic E-state index is 12.5. The molecule has 1 atom stereocenters. The van der Waals surface area contributed by atoms with Crippen molar-refractivity contribution in [1.82, 2.24) is 9.80 Å². The average Bonchev–Trinajstić information content (AvgIpc) is 2.56. The smallest absolute Gasteiger partial charge is 0.253 e. The number of carbonyl (C=O) groups excluding carboxylic acids is 1. The number of hydrogen-bond acceptors (Lipinski definition) is 2. The molecule has 0 saturated carbocycles. The third-order valence-corrected chi connectivity index (χ3v) is 4.86. The molecule has 1 fully saturated rings. The van der Waals surface area contributed by atoms with Gasteiger partial charge in [-0.3, -0.25) is 9.69 Å². The minimum Gasteiger partial charge on any atom is -0.336 e. The molecule has 1 heterocycles. The van der Waals surface area contributed by atoms with Crippen LogP contribution < -0.4 is 0 Å². The van der Waals surface area contributed by atoms with Gasteiger partial charge in [-0.15, -0.1) is 0 Å². The highest BCUT2D eigenvalue weighted by molar-refractivity contribution is 6.30. The van der Waals surface area contributed by atoms with Gasteiger partial charge in [-0.2, -0.15) is 0 Å². The lowest BCUT2D eigenvalue weighted by molar-refractivity contribution is 0.0614. The lowest BCUT2D eigenvalue weighted by Crippen LogP contribution is -2.49. The molecule has 22 heavy (non-hydrogen) atoms. The van der Waals surface area contributed by atoms with Gasteiger partial charge in [-0.05, 0) is 43.4 Å². The molecule has 1 saturated heterocycles. The number of halogens is 1. The van der Waals surface area contributed by atoms with Gasteiger partial charge in [-0.25, -0.2) is 0 Å². The number of nitrogens with zero attached hydrogens (tertiary/aromatic N) is 2. The molecule has 0 unspecified atom stereocenters. The molecule has 1 aromatic rings. The Morgan fingerprint density at radius 1 is 1.18 bits per heavy atom. The van der Waals surface area contributed by atoms with Gasteiger partial charge in [0.25, 0.3) is 5.91 Å². The second kappa shape index (κ2) is 7.30. The molecule has 1 aromatic carbocycles. The van der Waals surface area contributed by atoms with Gasteiger partial charge < -0.3 is 4.90 Å². The topological polar surface area (TPSA) is 23.6 Å². The number of piperazine rings is 1. The third kappa shape index (κ3) is 3.90. The third-order valence-electron chi connectivity index (χ3n) is 4.63. The van der Waals surface area contributed by atoms with Crippen LogP contribution in [0.25, 0.3) is 0 Å². The fourth-order valence-electron chi connectivity index (χ4n) is 3.32. The number of rotatable bonds is 3. The summed E-state index contributed by atoms with van der Waals surface area (Å²) in [5.41, 5.74) is 0.693. The van der Waals surface area contributed by atoms with E-state index in [1.165, 1.54) is 25.8 Å². The summed E-state index contributed by atoms with van der Waals surface area (Å²) in [7, 11) is 0. The fourth-order valence-corrected chi connectivity index (χ4v) is 3.52. The summed E-state index contributed by atoms with van der Waals surface area (Å²) >= 11 is 5.97. The van der Waals surface area contributed by atoms with E-state index in [1.54, 1.807) is 12.1 Å². The molecule has 3 nitrogen and oxygen atoms in total. The van der Waals surface area contributed by atoms with Crippen LogP contribution in [0.1, 0.15) is 29.6 Å². The van der Waals surface area contributed by atoms with Gasteiger partial charge in [0.15, 0.2) is 0 Å². The quantitative estimate of drug-likeness (QED) is 0.797. The van der Waals surface area contributed by atoms with E-state index in [4.69, 9.17) is 11.6 Å². The summed E-state index contributed by atoms with van der Waals surface area (Å²) in [4.78, 5) is 16.9. The molecule has 0 spiro atoms. The van der Waals surface area contributed by atoms with Crippen LogP contribution in [0.15, 0.2) is 36.4 Å². The summed E-state index contributed by atoms with van der Waals surface area (Å²) < 4.78 is 0. The summed E-state index contributed by atoms with van der Waals surface area (Å²) in [5, 5.41) is 0.620. The van der Waals surface area contributed by atoms with E-state index in [1.807, 2.05) is 17.0 Å². The molecule has 0 N–H and O–H groups in total. The minimum atomic E-state index is 0.0998. The molecule has 118 valence electrons. The van der Waals surface area contributed by atoms with Crippen molar-refractivity contribution in [2.24, 2.45) is 5.92 Å². The number of amides is 1. The Balaban J connectivity index is 1.51. The van der Waals surface area contributed by atoms with E-state index in [0.717, 1.165) is 32.1 Å². The van der Waals surface area contributed by atoms with Crippen molar-refractivity contribution in [3.8, 4) is 0 Å². The molecular formula is C18H23ClN2O. The van der Waals surface area contributed by atoms with Crippen LogP contribution in [0.3, 0.4) is 0 Å². The Morgan fingerprint density at radius 2 is 2.00 bits per heavy atom. The van der Waals surface area contributed by atoms with E-state index in [-0.39, 0.29) is 5.91 Å². The fraction of sp³-hybridized carbons (Fsp3) is 0.500. The Bertz CT molecular complexity index is 550. The summed E-state index contributed by atoms with van der Waals surface area (Å²) in [6, 6.07) is 7.23. The van der Waals surface area contributed by atoms with Crippen LogP contribution in [0.4, 0.5) is 0 Å². The van der Waals surface area contributed by atoms with Crippen LogP contribution in [0, 0.1) is 5.92 Å². The van der Waals surface area contributed by atoms with Crippen molar-refractivity contribution in [2.45, 2.75) is 19.3 Å². The number of hydrogen-bond donors (Lipinski definition) is 0. The largest absolute Gasteiger partial charge is 0.336 e. The monoisotopic (exact) mass is 318 g/mol. The summed E-state index contributed by atoms with van der Waals surface area (Å²) in [6.45, 7) is 4.75. The zero-order valence-electron chi connectivity index (χ0n) is 12.9. The SMILES string of the molecule is O=C(c1cccc(Cl)c1)N1CCN(C[C@H]2CC=CCC2)CC1. The second-order valence-electron chi connectivity index (χ2n) is 6.25. The van der Waals surface area contributed by atoms with Crippen LogP contribution >= 0.6 is 11.6 Å². The van der Waals surface area contributed by atoms with Crippen LogP contribution in [-0.4, -0.2) is 48.4 Å². The molecular weight excluding hydrogens is 296 g/mol. The van der Waals surface area contributed by atoms with E-state index in [0.29, 0.717) is 10.6 Å².